The maximum absolute atomic E-state index is 13.6. The Morgan fingerprint density at radius 1 is 0.968 bits per heavy atom. The van der Waals surface area contributed by atoms with E-state index >= 15 is 0 Å². The van der Waals surface area contributed by atoms with Crippen LogP contribution in [0.25, 0.3) is 5.69 Å². The van der Waals surface area contributed by atoms with E-state index in [0.717, 1.165) is 28.1 Å². The van der Waals surface area contributed by atoms with Crippen LogP contribution in [-0.4, -0.2) is 15.5 Å². The summed E-state index contributed by atoms with van der Waals surface area (Å²) in [5.41, 5.74) is 5.96. The van der Waals surface area contributed by atoms with Gasteiger partial charge >= 0.3 is 6.03 Å². The minimum absolute atomic E-state index is 0.168. The maximum Gasteiger partial charge on any atom is 0.322 e. The molecule has 31 heavy (non-hydrogen) atoms. The molecule has 0 fully saturated rings. The molecule has 0 spiro atoms. The molecule has 4 nitrogen and oxygen atoms in total. The Kier molecular flexibility index (Phi) is 5.00. The van der Waals surface area contributed by atoms with Gasteiger partial charge in [-0.3, -0.25) is 0 Å². The third-order valence-corrected chi connectivity index (χ3v) is 6.17. The van der Waals surface area contributed by atoms with Gasteiger partial charge in [0.25, 0.3) is 0 Å². The van der Waals surface area contributed by atoms with Crippen LogP contribution < -0.4 is 5.32 Å². The summed E-state index contributed by atoms with van der Waals surface area (Å²) in [6.45, 7) is 2.43. The number of amides is 2. The zero-order chi connectivity index (χ0) is 21.4. The molecule has 2 amide bonds. The Bertz CT molecular complexity index is 1250. The Hall–Kier alpha value is -3.50. The molecule has 1 aromatic heterocycles. The van der Waals surface area contributed by atoms with Crippen LogP contribution in [0.3, 0.4) is 0 Å². The van der Waals surface area contributed by atoms with Gasteiger partial charge in [-0.15, -0.1) is 0 Å². The highest BCUT2D eigenvalue weighted by Gasteiger charge is 2.32. The molecule has 1 aliphatic rings. The zero-order valence-electron chi connectivity index (χ0n) is 17.1. The fourth-order valence-corrected chi connectivity index (χ4v) is 4.37. The average molecular weight is 428 g/mol. The first kappa shape index (κ1) is 19.5. The standard InChI is InChI=1S/C26H22ClN3O/c1-18-13-14-21(16-22(18)27)28-26(31)30-17-20-10-5-6-11-23(20)29-15-7-12-24(29)25(30)19-8-3-2-4-9-19/h2-16,25H,17H2,1H3,(H,28,31). The molecule has 154 valence electrons. The van der Waals surface area contributed by atoms with Crippen molar-refractivity contribution < 1.29 is 4.79 Å². The summed E-state index contributed by atoms with van der Waals surface area (Å²) in [5.74, 6) is 0. The molecule has 3 aromatic carbocycles. The van der Waals surface area contributed by atoms with E-state index in [1.165, 1.54) is 0 Å². The SMILES string of the molecule is Cc1ccc(NC(=O)N2Cc3ccccc3-n3cccc3C2c2ccccc2)cc1Cl. The number of anilines is 1. The van der Waals surface area contributed by atoms with E-state index in [0.29, 0.717) is 17.3 Å². The van der Waals surface area contributed by atoms with Crippen molar-refractivity contribution in [3.63, 3.8) is 0 Å². The van der Waals surface area contributed by atoms with Gasteiger partial charge in [-0.2, -0.15) is 0 Å². The van der Waals surface area contributed by atoms with E-state index in [9.17, 15) is 4.79 Å². The van der Waals surface area contributed by atoms with Crippen LogP contribution in [0, 0.1) is 6.92 Å². The van der Waals surface area contributed by atoms with Crippen LogP contribution in [0.2, 0.25) is 5.02 Å². The highest BCUT2D eigenvalue weighted by Crippen LogP contribution is 2.37. The minimum atomic E-state index is -0.232. The number of urea groups is 1. The second-order valence-electron chi connectivity index (χ2n) is 7.77. The van der Waals surface area contributed by atoms with Crippen molar-refractivity contribution in [2.75, 3.05) is 5.32 Å². The summed E-state index contributed by atoms with van der Waals surface area (Å²) >= 11 is 6.28. The van der Waals surface area contributed by atoms with E-state index in [-0.39, 0.29) is 12.1 Å². The number of carbonyl (C=O) groups excluding carboxylic acids is 1. The third kappa shape index (κ3) is 3.60. The van der Waals surface area contributed by atoms with Crippen molar-refractivity contribution in [2.45, 2.75) is 19.5 Å². The number of aromatic nitrogens is 1. The largest absolute Gasteiger partial charge is 0.322 e. The Balaban J connectivity index is 1.61. The summed E-state index contributed by atoms with van der Waals surface area (Å²) in [6, 6.07) is 27.7. The predicted molar refractivity (Wildman–Crippen MR) is 125 cm³/mol. The van der Waals surface area contributed by atoms with Gasteiger partial charge in [0, 0.05) is 22.6 Å². The van der Waals surface area contributed by atoms with Crippen molar-refractivity contribution in [3.05, 3.63) is 119 Å². The van der Waals surface area contributed by atoms with Gasteiger partial charge < -0.3 is 14.8 Å². The van der Waals surface area contributed by atoms with E-state index < -0.39 is 0 Å². The smallest absolute Gasteiger partial charge is 0.318 e. The van der Waals surface area contributed by atoms with Gasteiger partial charge in [0.15, 0.2) is 0 Å². The van der Waals surface area contributed by atoms with Gasteiger partial charge in [-0.05, 0) is 53.9 Å². The molecule has 2 heterocycles. The Morgan fingerprint density at radius 3 is 2.55 bits per heavy atom. The minimum Gasteiger partial charge on any atom is -0.318 e. The van der Waals surface area contributed by atoms with Crippen molar-refractivity contribution in [1.29, 1.82) is 0 Å². The number of aryl methyl sites for hydroxylation is 1. The monoisotopic (exact) mass is 427 g/mol. The predicted octanol–water partition coefficient (Wildman–Crippen LogP) is 6.58. The Morgan fingerprint density at radius 2 is 1.74 bits per heavy atom. The van der Waals surface area contributed by atoms with Crippen LogP contribution >= 0.6 is 11.6 Å². The molecule has 1 aliphatic heterocycles. The van der Waals surface area contributed by atoms with Crippen molar-refractivity contribution >= 4 is 23.3 Å². The van der Waals surface area contributed by atoms with E-state index in [1.54, 1.807) is 6.07 Å². The number of nitrogens with one attached hydrogen (secondary N) is 1. The van der Waals surface area contributed by atoms with Crippen molar-refractivity contribution in [2.24, 2.45) is 0 Å². The molecular weight excluding hydrogens is 406 g/mol. The van der Waals surface area contributed by atoms with Crippen LogP contribution in [0.4, 0.5) is 10.5 Å². The van der Waals surface area contributed by atoms with Crippen molar-refractivity contribution in [1.82, 2.24) is 9.47 Å². The summed E-state index contributed by atoms with van der Waals surface area (Å²) in [7, 11) is 0. The lowest BCUT2D eigenvalue weighted by molar-refractivity contribution is 0.194. The molecule has 1 unspecified atom stereocenters. The molecule has 0 saturated carbocycles. The average Bonchev–Trinajstić information content (AvgIpc) is 3.21. The van der Waals surface area contributed by atoms with E-state index in [4.69, 9.17) is 11.6 Å². The molecule has 1 atom stereocenters. The number of hydrogen-bond donors (Lipinski definition) is 1. The number of carbonyl (C=O) groups is 1. The lowest BCUT2D eigenvalue weighted by Crippen LogP contribution is -2.37. The number of rotatable bonds is 2. The summed E-state index contributed by atoms with van der Waals surface area (Å²) in [4.78, 5) is 15.5. The number of para-hydroxylation sites is 1. The third-order valence-electron chi connectivity index (χ3n) is 5.76. The fourth-order valence-electron chi connectivity index (χ4n) is 4.19. The number of fused-ring (bicyclic) bond motifs is 3. The second kappa shape index (κ2) is 7.97. The Labute approximate surface area is 186 Å². The molecule has 0 radical (unpaired) electrons. The maximum atomic E-state index is 13.6. The van der Waals surface area contributed by atoms with Gasteiger partial charge in [0.2, 0.25) is 0 Å². The lowest BCUT2D eigenvalue weighted by Gasteiger charge is -2.31. The molecule has 0 saturated heterocycles. The molecule has 0 aliphatic carbocycles. The number of halogens is 1. The number of hydrogen-bond acceptors (Lipinski definition) is 1. The second-order valence-corrected chi connectivity index (χ2v) is 8.17. The molecule has 5 heteroatoms. The topological polar surface area (TPSA) is 37.3 Å². The summed E-state index contributed by atoms with van der Waals surface area (Å²) in [6.07, 6.45) is 2.06. The highest BCUT2D eigenvalue weighted by molar-refractivity contribution is 6.31. The summed E-state index contributed by atoms with van der Waals surface area (Å²) in [5, 5.41) is 3.69. The molecule has 5 rings (SSSR count). The van der Waals surface area contributed by atoms with E-state index in [1.807, 2.05) is 60.4 Å². The number of nitrogens with zero attached hydrogens (tertiary/aromatic N) is 2. The summed E-state index contributed by atoms with van der Waals surface area (Å²) < 4.78 is 2.18. The fraction of sp³-hybridized carbons (Fsp3) is 0.115. The molecule has 4 aromatic rings. The van der Waals surface area contributed by atoms with Gasteiger partial charge in [0.1, 0.15) is 0 Å². The van der Waals surface area contributed by atoms with Crippen LogP contribution in [0.15, 0.2) is 91.1 Å². The van der Waals surface area contributed by atoms with Crippen LogP contribution in [-0.2, 0) is 6.54 Å². The number of benzene rings is 3. The molecule has 1 N–H and O–H groups in total. The van der Waals surface area contributed by atoms with Gasteiger partial charge in [-0.25, -0.2) is 4.79 Å². The zero-order valence-corrected chi connectivity index (χ0v) is 17.9. The molecular formula is C26H22ClN3O. The first-order valence-corrected chi connectivity index (χ1v) is 10.6. The van der Waals surface area contributed by atoms with Crippen molar-refractivity contribution in [3.8, 4) is 5.69 Å². The lowest BCUT2D eigenvalue weighted by atomic mass is 10.0. The van der Waals surface area contributed by atoms with Gasteiger partial charge in [-0.1, -0.05) is 66.2 Å². The quantitative estimate of drug-likeness (QED) is 0.385. The van der Waals surface area contributed by atoms with Crippen LogP contribution in [0.5, 0.6) is 0 Å². The highest BCUT2D eigenvalue weighted by atomic mass is 35.5. The first-order chi connectivity index (χ1) is 15.1. The molecule has 0 bridgehead atoms. The van der Waals surface area contributed by atoms with E-state index in [2.05, 4.69) is 46.4 Å². The van der Waals surface area contributed by atoms with Gasteiger partial charge in [0.05, 0.1) is 18.3 Å². The normalized spacial score (nSPS) is 15.0. The first-order valence-electron chi connectivity index (χ1n) is 10.3. The van der Waals surface area contributed by atoms with Crippen LogP contribution in [0.1, 0.15) is 28.4 Å².